The van der Waals surface area contributed by atoms with Gasteiger partial charge in [0.1, 0.15) is 5.75 Å². The molecule has 0 saturated heterocycles. The van der Waals surface area contributed by atoms with Gasteiger partial charge in [-0.2, -0.15) is 0 Å². The van der Waals surface area contributed by atoms with Crippen molar-refractivity contribution in [2.24, 2.45) is 5.92 Å². The van der Waals surface area contributed by atoms with Crippen molar-refractivity contribution in [1.82, 2.24) is 4.90 Å². The van der Waals surface area contributed by atoms with Gasteiger partial charge in [-0.1, -0.05) is 18.9 Å². The third-order valence-electron chi connectivity index (χ3n) is 4.49. The number of anilines is 1. The monoisotopic (exact) mass is 320 g/mol. The van der Waals surface area contributed by atoms with Crippen molar-refractivity contribution in [3.63, 3.8) is 0 Å². The third-order valence-corrected chi connectivity index (χ3v) is 4.49. The first-order valence-corrected chi connectivity index (χ1v) is 8.39. The van der Waals surface area contributed by atoms with E-state index in [4.69, 9.17) is 4.74 Å². The predicted octanol–water partition coefficient (Wildman–Crippen LogP) is 2.51. The van der Waals surface area contributed by atoms with E-state index >= 15 is 0 Å². The number of nitrogens with one attached hydrogen (secondary N) is 1. The van der Waals surface area contributed by atoms with Crippen LogP contribution in [0.25, 0.3) is 0 Å². The molecule has 0 radical (unpaired) electrons. The van der Waals surface area contributed by atoms with Crippen LogP contribution in [0.4, 0.5) is 5.69 Å². The Bertz CT molecular complexity index is 507. The topological polar surface area (TPSA) is 61.8 Å². The summed E-state index contributed by atoms with van der Waals surface area (Å²) < 4.78 is 5.15. The first-order valence-electron chi connectivity index (χ1n) is 8.39. The molecule has 1 aliphatic carbocycles. The summed E-state index contributed by atoms with van der Waals surface area (Å²) in [5, 5.41) is 12.9. The minimum Gasteiger partial charge on any atom is -0.497 e. The van der Waals surface area contributed by atoms with E-state index in [0.717, 1.165) is 37.2 Å². The minimum atomic E-state index is -0.184. The van der Waals surface area contributed by atoms with Gasteiger partial charge in [-0.05, 0) is 37.9 Å². The molecule has 1 aromatic rings. The highest BCUT2D eigenvalue weighted by Gasteiger charge is 2.24. The second kappa shape index (κ2) is 8.89. The lowest BCUT2D eigenvalue weighted by molar-refractivity contribution is -0.116. The Hall–Kier alpha value is -1.59. The first kappa shape index (κ1) is 17.8. The van der Waals surface area contributed by atoms with Crippen LogP contribution in [0.5, 0.6) is 5.75 Å². The van der Waals surface area contributed by atoms with Crippen LogP contribution in [-0.2, 0) is 4.79 Å². The zero-order valence-electron chi connectivity index (χ0n) is 14.1. The molecule has 23 heavy (non-hydrogen) atoms. The lowest BCUT2D eigenvalue weighted by Crippen LogP contribution is -2.36. The fourth-order valence-electron chi connectivity index (χ4n) is 3.11. The van der Waals surface area contributed by atoms with Crippen molar-refractivity contribution in [3.8, 4) is 5.75 Å². The molecule has 1 aromatic carbocycles. The van der Waals surface area contributed by atoms with Crippen LogP contribution in [0.15, 0.2) is 24.3 Å². The highest BCUT2D eigenvalue weighted by Crippen LogP contribution is 2.24. The standard InChI is InChI=1S/C18H28N2O3/c1-20(13-14-6-3-4-9-17(14)21)11-10-18(22)19-15-7-5-8-16(12-15)23-2/h5,7-8,12,14,17,21H,3-4,6,9-11,13H2,1-2H3,(H,19,22). The number of hydrogen-bond acceptors (Lipinski definition) is 4. The largest absolute Gasteiger partial charge is 0.497 e. The summed E-state index contributed by atoms with van der Waals surface area (Å²) in [6.45, 7) is 1.55. The Morgan fingerprint density at radius 3 is 2.91 bits per heavy atom. The summed E-state index contributed by atoms with van der Waals surface area (Å²) in [6, 6.07) is 7.35. The molecule has 0 bridgehead atoms. The molecule has 1 amide bonds. The van der Waals surface area contributed by atoms with Gasteiger partial charge in [-0.25, -0.2) is 0 Å². The van der Waals surface area contributed by atoms with Crippen molar-refractivity contribution in [2.45, 2.75) is 38.2 Å². The van der Waals surface area contributed by atoms with Crippen LogP contribution in [0.2, 0.25) is 0 Å². The van der Waals surface area contributed by atoms with E-state index in [-0.39, 0.29) is 12.0 Å². The number of benzene rings is 1. The number of hydrogen-bond donors (Lipinski definition) is 2. The van der Waals surface area contributed by atoms with Crippen LogP contribution in [-0.4, -0.2) is 49.3 Å². The summed E-state index contributed by atoms with van der Waals surface area (Å²) in [4.78, 5) is 14.2. The number of rotatable bonds is 7. The molecule has 1 aliphatic rings. The van der Waals surface area contributed by atoms with E-state index in [1.54, 1.807) is 13.2 Å². The van der Waals surface area contributed by atoms with E-state index < -0.39 is 0 Å². The van der Waals surface area contributed by atoms with Gasteiger partial charge in [-0.15, -0.1) is 0 Å². The Kier molecular flexibility index (Phi) is 6.86. The quantitative estimate of drug-likeness (QED) is 0.810. The molecule has 0 spiro atoms. The maximum atomic E-state index is 12.0. The number of ether oxygens (including phenoxy) is 1. The molecule has 128 valence electrons. The van der Waals surface area contributed by atoms with Crippen LogP contribution in [0.1, 0.15) is 32.1 Å². The van der Waals surface area contributed by atoms with Gasteiger partial charge in [0.25, 0.3) is 0 Å². The lowest BCUT2D eigenvalue weighted by atomic mass is 9.86. The third kappa shape index (κ3) is 5.84. The van der Waals surface area contributed by atoms with E-state index in [0.29, 0.717) is 18.9 Å². The van der Waals surface area contributed by atoms with Gasteiger partial charge in [0.05, 0.1) is 13.2 Å². The maximum absolute atomic E-state index is 12.0. The summed E-state index contributed by atoms with van der Waals surface area (Å²) in [5.41, 5.74) is 0.750. The predicted molar refractivity (Wildman–Crippen MR) is 91.7 cm³/mol. The van der Waals surface area contributed by atoms with Crippen LogP contribution in [0.3, 0.4) is 0 Å². The molecular weight excluding hydrogens is 292 g/mol. The Labute approximate surface area is 138 Å². The van der Waals surface area contributed by atoms with Gasteiger partial charge in [-0.3, -0.25) is 4.79 Å². The van der Waals surface area contributed by atoms with Crippen LogP contribution < -0.4 is 10.1 Å². The van der Waals surface area contributed by atoms with Crippen molar-refractivity contribution in [2.75, 3.05) is 32.6 Å². The van der Waals surface area contributed by atoms with Gasteiger partial charge >= 0.3 is 0 Å². The molecule has 0 aromatic heterocycles. The summed E-state index contributed by atoms with van der Waals surface area (Å²) in [6.07, 6.45) is 4.58. The number of amides is 1. The van der Waals surface area contributed by atoms with Gasteiger partial charge in [0, 0.05) is 31.3 Å². The SMILES string of the molecule is COc1cccc(NC(=O)CCN(C)CC2CCCCC2O)c1. The number of aliphatic hydroxyl groups is 1. The fraction of sp³-hybridized carbons (Fsp3) is 0.611. The Morgan fingerprint density at radius 1 is 1.39 bits per heavy atom. The molecule has 5 nitrogen and oxygen atoms in total. The zero-order valence-corrected chi connectivity index (χ0v) is 14.1. The molecular formula is C18H28N2O3. The van der Waals surface area contributed by atoms with Gasteiger partial charge in [0.15, 0.2) is 0 Å². The van der Waals surface area contributed by atoms with Gasteiger partial charge in [0.2, 0.25) is 5.91 Å². The van der Waals surface area contributed by atoms with E-state index in [1.165, 1.54) is 6.42 Å². The van der Waals surface area contributed by atoms with Crippen LogP contribution in [0, 0.1) is 5.92 Å². The summed E-state index contributed by atoms with van der Waals surface area (Å²) >= 11 is 0. The number of nitrogens with zero attached hydrogens (tertiary/aromatic N) is 1. The second-order valence-corrected chi connectivity index (χ2v) is 6.40. The Morgan fingerprint density at radius 2 is 2.17 bits per heavy atom. The van der Waals surface area contributed by atoms with E-state index in [1.807, 2.05) is 25.2 Å². The van der Waals surface area contributed by atoms with Crippen LogP contribution >= 0.6 is 0 Å². The molecule has 1 fully saturated rings. The van der Waals surface area contributed by atoms with Crippen molar-refractivity contribution in [1.29, 1.82) is 0 Å². The molecule has 0 heterocycles. The highest BCUT2D eigenvalue weighted by molar-refractivity contribution is 5.90. The molecule has 5 heteroatoms. The summed E-state index contributed by atoms with van der Waals surface area (Å²) in [5.74, 6) is 1.07. The van der Waals surface area contributed by atoms with Crippen molar-refractivity contribution in [3.05, 3.63) is 24.3 Å². The lowest BCUT2D eigenvalue weighted by Gasteiger charge is -2.31. The molecule has 2 rings (SSSR count). The van der Waals surface area contributed by atoms with E-state index in [2.05, 4.69) is 10.2 Å². The zero-order chi connectivity index (χ0) is 16.7. The molecule has 2 atom stereocenters. The normalized spacial score (nSPS) is 21.2. The highest BCUT2D eigenvalue weighted by atomic mass is 16.5. The van der Waals surface area contributed by atoms with E-state index in [9.17, 15) is 9.90 Å². The number of carbonyl (C=O) groups is 1. The number of methoxy groups -OCH3 is 1. The smallest absolute Gasteiger partial charge is 0.225 e. The first-order chi connectivity index (χ1) is 11.1. The Balaban J connectivity index is 1.72. The molecule has 0 aliphatic heterocycles. The average molecular weight is 320 g/mol. The number of carbonyl (C=O) groups excluding carboxylic acids is 1. The molecule has 2 N–H and O–H groups in total. The minimum absolute atomic E-state index is 0.00528. The second-order valence-electron chi connectivity index (χ2n) is 6.40. The fourth-order valence-corrected chi connectivity index (χ4v) is 3.11. The molecule has 1 saturated carbocycles. The van der Waals surface area contributed by atoms with Gasteiger partial charge < -0.3 is 20.1 Å². The molecule has 2 unspecified atom stereocenters. The van der Waals surface area contributed by atoms with Crippen molar-refractivity contribution < 1.29 is 14.6 Å². The maximum Gasteiger partial charge on any atom is 0.225 e. The van der Waals surface area contributed by atoms with Crippen molar-refractivity contribution >= 4 is 11.6 Å². The summed E-state index contributed by atoms with van der Waals surface area (Å²) in [7, 11) is 3.62. The number of aliphatic hydroxyl groups excluding tert-OH is 1. The average Bonchev–Trinajstić information content (AvgIpc) is 2.55.